The molecule has 0 unspecified atom stereocenters. The maximum Gasteiger partial charge on any atom is 0.385 e. The number of ether oxygens (including phenoxy) is 1. The minimum absolute atomic E-state index is 1.07. The lowest BCUT2D eigenvalue weighted by molar-refractivity contribution is -0.175. The van der Waals surface area contributed by atoms with E-state index < -0.39 is 73.3 Å². The first-order valence-electron chi connectivity index (χ1n) is 6.63. The van der Waals surface area contributed by atoms with Crippen molar-refractivity contribution in [1.82, 2.24) is 0 Å². The monoisotopic (exact) mass is 370 g/mol. The number of aliphatic hydroxyl groups excluding tert-OH is 8. The second-order valence-electron chi connectivity index (χ2n) is 4.78. The van der Waals surface area contributed by atoms with Crippen molar-refractivity contribution in [2.75, 3.05) is 13.2 Å². The molecule has 6 atom stereocenters. The van der Waals surface area contributed by atoms with Crippen molar-refractivity contribution in [2.45, 2.75) is 36.6 Å². The lowest BCUT2D eigenvalue weighted by Crippen LogP contribution is -2.49. The van der Waals surface area contributed by atoms with Crippen LogP contribution in [0.3, 0.4) is 0 Å². The van der Waals surface area contributed by atoms with Crippen molar-refractivity contribution in [1.29, 1.82) is 0 Å². The fraction of sp³-hybridized carbons (Fsp3) is 0.667. The van der Waals surface area contributed by atoms with E-state index in [0.717, 1.165) is 0 Å². The van der Waals surface area contributed by atoms with Crippen molar-refractivity contribution < 1.29 is 64.8 Å². The molecule has 13 nitrogen and oxygen atoms in total. The van der Waals surface area contributed by atoms with Crippen molar-refractivity contribution in [2.24, 2.45) is 0 Å². The van der Waals surface area contributed by atoms with E-state index in [-0.39, 0.29) is 0 Å². The van der Waals surface area contributed by atoms with Crippen molar-refractivity contribution >= 4 is 23.5 Å². The zero-order valence-electron chi connectivity index (χ0n) is 12.5. The second kappa shape index (κ2) is 10.2. The van der Waals surface area contributed by atoms with Crippen LogP contribution < -0.4 is 0 Å². The largest absolute Gasteiger partial charge is 0.394 e. The van der Waals surface area contributed by atoms with Gasteiger partial charge in [0.15, 0.2) is 12.2 Å². The second-order valence-corrected chi connectivity index (χ2v) is 4.78. The Hall–Kier alpha value is -1.84. The predicted octanol–water partition coefficient (Wildman–Crippen LogP) is -6.66. The number of hydrogen-bond acceptors (Lipinski definition) is 13. The maximum absolute atomic E-state index is 11.4. The SMILES string of the molecule is O=C(OC(=O)C(=O)[C@@H](O)[C@H](O)[C@H](O)CO)C(=O)[C@@H](O)[C@H](O)[C@H](O)CO. The van der Waals surface area contributed by atoms with Gasteiger partial charge in [-0.3, -0.25) is 9.59 Å². The lowest BCUT2D eigenvalue weighted by Gasteiger charge is -2.20. The summed E-state index contributed by atoms with van der Waals surface area (Å²) in [6.45, 7) is -2.15. The van der Waals surface area contributed by atoms with Crippen LogP contribution >= 0.6 is 0 Å². The highest BCUT2D eigenvalue weighted by molar-refractivity contribution is 6.43. The van der Waals surface area contributed by atoms with Gasteiger partial charge in [0.2, 0.25) is 0 Å². The molecule has 0 saturated heterocycles. The summed E-state index contributed by atoms with van der Waals surface area (Å²) in [5.74, 6) is -8.18. The molecule has 0 aliphatic rings. The van der Waals surface area contributed by atoms with E-state index in [1.165, 1.54) is 0 Å². The summed E-state index contributed by atoms with van der Waals surface area (Å²) in [5, 5.41) is 72.2. The molecule has 0 amide bonds. The zero-order chi connectivity index (χ0) is 19.9. The highest BCUT2D eigenvalue weighted by atomic mass is 16.6. The van der Waals surface area contributed by atoms with Crippen molar-refractivity contribution in [3.63, 3.8) is 0 Å². The Bertz CT molecular complexity index is 459. The average Bonchev–Trinajstić information content (AvgIpc) is 2.62. The Balaban J connectivity index is 4.86. The van der Waals surface area contributed by atoms with Gasteiger partial charge in [-0.1, -0.05) is 0 Å². The Morgan fingerprint density at radius 2 is 0.920 bits per heavy atom. The van der Waals surface area contributed by atoms with Crippen LogP contribution in [0.1, 0.15) is 0 Å². The molecule has 0 rings (SSSR count). The molecule has 0 aliphatic heterocycles. The molecule has 0 aromatic heterocycles. The molecule has 0 aromatic carbocycles. The van der Waals surface area contributed by atoms with E-state index >= 15 is 0 Å². The molecule has 8 N–H and O–H groups in total. The summed E-state index contributed by atoms with van der Waals surface area (Å²) in [6.07, 6.45) is -13.8. The number of hydrogen-bond donors (Lipinski definition) is 8. The minimum Gasteiger partial charge on any atom is -0.394 e. The van der Waals surface area contributed by atoms with Gasteiger partial charge >= 0.3 is 11.9 Å². The summed E-state index contributed by atoms with van der Waals surface area (Å²) >= 11 is 0. The van der Waals surface area contributed by atoms with Gasteiger partial charge < -0.3 is 45.6 Å². The summed E-state index contributed by atoms with van der Waals surface area (Å²) in [6, 6.07) is 0. The molecule has 13 heteroatoms. The van der Waals surface area contributed by atoms with Crippen LogP contribution in [0.25, 0.3) is 0 Å². The third kappa shape index (κ3) is 6.18. The first-order chi connectivity index (χ1) is 11.5. The van der Waals surface area contributed by atoms with E-state index in [4.69, 9.17) is 20.4 Å². The van der Waals surface area contributed by atoms with Gasteiger partial charge in [-0.25, -0.2) is 9.59 Å². The summed E-state index contributed by atoms with van der Waals surface area (Å²) in [5.41, 5.74) is 0. The molecule has 0 fully saturated rings. The fourth-order valence-electron chi connectivity index (χ4n) is 1.37. The number of rotatable bonds is 10. The topological polar surface area (TPSA) is 239 Å². The van der Waals surface area contributed by atoms with Gasteiger partial charge in [0.05, 0.1) is 13.2 Å². The normalized spacial score (nSPS) is 18.4. The number of carbonyl (C=O) groups excluding carboxylic acids is 4. The van der Waals surface area contributed by atoms with E-state index in [1.54, 1.807) is 0 Å². The molecule has 0 aromatic rings. The first-order valence-corrected chi connectivity index (χ1v) is 6.63. The Morgan fingerprint density at radius 3 is 1.16 bits per heavy atom. The molecule has 144 valence electrons. The minimum atomic E-state index is -2.59. The molecule has 0 bridgehead atoms. The first kappa shape index (κ1) is 23.2. The summed E-state index contributed by atoms with van der Waals surface area (Å²) in [7, 11) is 0. The quantitative estimate of drug-likeness (QED) is 0.101. The highest BCUT2D eigenvalue weighted by Crippen LogP contribution is 2.05. The van der Waals surface area contributed by atoms with Crippen LogP contribution in [0.2, 0.25) is 0 Å². The third-order valence-corrected chi connectivity index (χ3v) is 2.93. The predicted molar refractivity (Wildman–Crippen MR) is 71.3 cm³/mol. The molecular weight excluding hydrogens is 352 g/mol. The Kier molecular flexibility index (Phi) is 9.47. The Labute approximate surface area is 139 Å². The zero-order valence-corrected chi connectivity index (χ0v) is 12.5. The van der Waals surface area contributed by atoms with E-state index in [1.807, 2.05) is 0 Å². The van der Waals surface area contributed by atoms with Crippen LogP contribution in [0.15, 0.2) is 0 Å². The summed E-state index contributed by atoms with van der Waals surface area (Å²) in [4.78, 5) is 45.4. The van der Waals surface area contributed by atoms with Gasteiger partial charge in [-0.05, 0) is 0 Å². The smallest absolute Gasteiger partial charge is 0.385 e. The van der Waals surface area contributed by atoms with E-state index in [2.05, 4.69) is 4.74 Å². The molecular formula is C12H18O13. The Morgan fingerprint density at radius 1 is 0.640 bits per heavy atom. The van der Waals surface area contributed by atoms with Crippen molar-refractivity contribution in [3.8, 4) is 0 Å². The third-order valence-electron chi connectivity index (χ3n) is 2.93. The van der Waals surface area contributed by atoms with Gasteiger partial charge in [-0.2, -0.15) is 0 Å². The number of carbonyl (C=O) groups is 4. The molecule has 0 spiro atoms. The van der Waals surface area contributed by atoms with Gasteiger partial charge in [-0.15, -0.1) is 0 Å². The van der Waals surface area contributed by atoms with Gasteiger partial charge in [0.25, 0.3) is 11.6 Å². The van der Waals surface area contributed by atoms with E-state index in [9.17, 15) is 39.6 Å². The van der Waals surface area contributed by atoms with E-state index in [0.29, 0.717) is 0 Å². The number of ketones is 2. The van der Waals surface area contributed by atoms with Crippen molar-refractivity contribution in [3.05, 3.63) is 0 Å². The number of Topliss-reactive ketones (excluding diaryl/α,β-unsaturated/α-hetero) is 2. The molecule has 0 aliphatic carbocycles. The van der Waals surface area contributed by atoms with Gasteiger partial charge in [0, 0.05) is 0 Å². The van der Waals surface area contributed by atoms with Crippen LogP contribution in [0.5, 0.6) is 0 Å². The van der Waals surface area contributed by atoms with Crippen LogP contribution in [-0.4, -0.2) is 114 Å². The lowest BCUT2D eigenvalue weighted by atomic mass is 10.0. The van der Waals surface area contributed by atoms with Crippen LogP contribution in [0.4, 0.5) is 0 Å². The molecule has 0 heterocycles. The van der Waals surface area contributed by atoms with Crippen LogP contribution in [0, 0.1) is 0 Å². The molecule has 0 saturated carbocycles. The maximum atomic E-state index is 11.4. The summed E-state index contributed by atoms with van der Waals surface area (Å²) < 4.78 is 3.74. The number of aliphatic hydroxyl groups is 8. The molecule has 0 radical (unpaired) electrons. The molecule has 25 heavy (non-hydrogen) atoms. The van der Waals surface area contributed by atoms with Gasteiger partial charge in [0.1, 0.15) is 24.4 Å². The number of esters is 2. The highest BCUT2D eigenvalue weighted by Gasteiger charge is 2.39. The average molecular weight is 370 g/mol. The standard InChI is InChI=1S/C12H18O13/c13-1-3(15)5(17)7(19)9(21)11(23)25-12(24)10(22)8(20)6(18)4(16)2-14/h3-8,13-20H,1-2H2/t3-,4-,5-,6-,7+,8+/m1/s1. The fourth-order valence-corrected chi connectivity index (χ4v) is 1.37. The van der Waals surface area contributed by atoms with Crippen LogP contribution in [-0.2, 0) is 23.9 Å².